The summed E-state index contributed by atoms with van der Waals surface area (Å²) in [4.78, 5) is 11.7. The number of nitrogens with one attached hydrogen (secondary N) is 1. The molecular weight excluding hydrogens is 230 g/mol. The molecule has 18 heavy (non-hydrogen) atoms. The van der Waals surface area contributed by atoms with Crippen LogP contribution < -0.4 is 10.1 Å². The SMILES string of the molecule is Cc1ccccc1OCC(=O)NC1CCOCC1. The summed E-state index contributed by atoms with van der Waals surface area (Å²) in [5.41, 5.74) is 1.04. The zero-order valence-electron chi connectivity index (χ0n) is 10.6. The number of carbonyl (C=O) groups is 1. The maximum absolute atomic E-state index is 11.7. The van der Waals surface area contributed by atoms with Gasteiger partial charge < -0.3 is 14.8 Å². The first-order valence-corrected chi connectivity index (χ1v) is 6.31. The number of hydrogen-bond acceptors (Lipinski definition) is 3. The molecule has 1 aliphatic heterocycles. The van der Waals surface area contributed by atoms with E-state index in [-0.39, 0.29) is 18.6 Å². The number of carbonyl (C=O) groups excluding carboxylic acids is 1. The molecule has 1 fully saturated rings. The highest BCUT2D eigenvalue weighted by atomic mass is 16.5. The summed E-state index contributed by atoms with van der Waals surface area (Å²) in [6.07, 6.45) is 1.77. The van der Waals surface area contributed by atoms with E-state index in [9.17, 15) is 4.79 Å². The van der Waals surface area contributed by atoms with Crippen LogP contribution in [0, 0.1) is 6.92 Å². The molecule has 98 valence electrons. The number of ether oxygens (including phenoxy) is 2. The summed E-state index contributed by atoms with van der Waals surface area (Å²) in [5.74, 6) is 0.699. The van der Waals surface area contributed by atoms with Crippen molar-refractivity contribution in [2.75, 3.05) is 19.8 Å². The molecule has 0 radical (unpaired) electrons. The van der Waals surface area contributed by atoms with Crippen molar-refractivity contribution in [1.29, 1.82) is 0 Å². The Morgan fingerprint density at radius 3 is 2.83 bits per heavy atom. The molecule has 1 N–H and O–H groups in total. The lowest BCUT2D eigenvalue weighted by molar-refractivity contribution is -0.124. The molecule has 0 saturated carbocycles. The van der Waals surface area contributed by atoms with Crippen molar-refractivity contribution in [3.8, 4) is 5.75 Å². The topological polar surface area (TPSA) is 47.6 Å². The first-order chi connectivity index (χ1) is 8.75. The summed E-state index contributed by atoms with van der Waals surface area (Å²) in [6, 6.07) is 7.91. The van der Waals surface area contributed by atoms with Gasteiger partial charge in [-0.15, -0.1) is 0 Å². The number of para-hydroxylation sites is 1. The zero-order valence-corrected chi connectivity index (χ0v) is 10.6. The monoisotopic (exact) mass is 249 g/mol. The normalized spacial score (nSPS) is 16.3. The fourth-order valence-corrected chi connectivity index (χ4v) is 1.97. The van der Waals surface area contributed by atoms with Crippen LogP contribution in [0.1, 0.15) is 18.4 Å². The molecule has 4 nitrogen and oxygen atoms in total. The Morgan fingerprint density at radius 2 is 2.11 bits per heavy atom. The number of hydrogen-bond donors (Lipinski definition) is 1. The van der Waals surface area contributed by atoms with Gasteiger partial charge in [-0.25, -0.2) is 0 Å². The van der Waals surface area contributed by atoms with E-state index in [4.69, 9.17) is 9.47 Å². The minimum Gasteiger partial charge on any atom is -0.484 e. The highest BCUT2D eigenvalue weighted by Gasteiger charge is 2.16. The molecule has 1 amide bonds. The van der Waals surface area contributed by atoms with Gasteiger partial charge in [0.25, 0.3) is 5.91 Å². The summed E-state index contributed by atoms with van der Waals surface area (Å²) < 4.78 is 10.7. The number of amides is 1. The highest BCUT2D eigenvalue weighted by molar-refractivity contribution is 5.77. The molecule has 2 rings (SSSR count). The first kappa shape index (κ1) is 12.9. The molecule has 1 saturated heterocycles. The van der Waals surface area contributed by atoms with Crippen molar-refractivity contribution < 1.29 is 14.3 Å². The van der Waals surface area contributed by atoms with Gasteiger partial charge in [0.2, 0.25) is 0 Å². The van der Waals surface area contributed by atoms with Crippen LogP contribution in [0.25, 0.3) is 0 Å². The molecule has 1 aliphatic rings. The number of rotatable bonds is 4. The van der Waals surface area contributed by atoms with E-state index >= 15 is 0 Å². The van der Waals surface area contributed by atoms with E-state index in [1.807, 2.05) is 31.2 Å². The maximum Gasteiger partial charge on any atom is 0.258 e. The zero-order chi connectivity index (χ0) is 12.8. The molecule has 0 unspecified atom stereocenters. The van der Waals surface area contributed by atoms with Gasteiger partial charge in [0.1, 0.15) is 5.75 Å². The van der Waals surface area contributed by atoms with E-state index in [0.29, 0.717) is 0 Å². The second-order valence-electron chi connectivity index (χ2n) is 4.51. The molecule has 0 bridgehead atoms. The highest BCUT2D eigenvalue weighted by Crippen LogP contribution is 2.15. The predicted octanol–water partition coefficient (Wildman–Crippen LogP) is 1.67. The van der Waals surface area contributed by atoms with Gasteiger partial charge in [-0.3, -0.25) is 4.79 Å². The van der Waals surface area contributed by atoms with Gasteiger partial charge in [-0.05, 0) is 31.4 Å². The van der Waals surface area contributed by atoms with Crippen molar-refractivity contribution in [3.05, 3.63) is 29.8 Å². The van der Waals surface area contributed by atoms with E-state index in [2.05, 4.69) is 5.32 Å². The molecule has 0 aliphatic carbocycles. The van der Waals surface area contributed by atoms with Crippen LogP contribution in [0.3, 0.4) is 0 Å². The van der Waals surface area contributed by atoms with Crippen LogP contribution in [-0.2, 0) is 9.53 Å². The van der Waals surface area contributed by atoms with Gasteiger partial charge in [0, 0.05) is 19.3 Å². The minimum atomic E-state index is -0.0647. The van der Waals surface area contributed by atoms with Gasteiger partial charge in [0.15, 0.2) is 6.61 Å². The first-order valence-electron chi connectivity index (χ1n) is 6.31. The van der Waals surface area contributed by atoms with Crippen LogP contribution in [0.15, 0.2) is 24.3 Å². The smallest absolute Gasteiger partial charge is 0.258 e. The third-order valence-electron chi connectivity index (χ3n) is 3.04. The number of aryl methyl sites for hydroxylation is 1. The van der Waals surface area contributed by atoms with Crippen LogP contribution in [-0.4, -0.2) is 31.8 Å². The Morgan fingerprint density at radius 1 is 1.39 bits per heavy atom. The fraction of sp³-hybridized carbons (Fsp3) is 0.500. The Hall–Kier alpha value is -1.55. The van der Waals surface area contributed by atoms with Crippen LogP contribution in [0.4, 0.5) is 0 Å². The van der Waals surface area contributed by atoms with Gasteiger partial charge >= 0.3 is 0 Å². The molecule has 0 aromatic heterocycles. The Kier molecular flexibility index (Phi) is 4.59. The standard InChI is InChI=1S/C14H19NO3/c1-11-4-2-3-5-13(11)18-10-14(16)15-12-6-8-17-9-7-12/h2-5,12H,6-10H2,1H3,(H,15,16). The maximum atomic E-state index is 11.7. The van der Waals surface area contributed by atoms with Crippen molar-refractivity contribution in [2.45, 2.75) is 25.8 Å². The average Bonchev–Trinajstić information content (AvgIpc) is 2.39. The molecular formula is C14H19NO3. The summed E-state index contributed by atoms with van der Waals surface area (Å²) in [6.45, 7) is 3.49. The van der Waals surface area contributed by atoms with E-state index in [0.717, 1.165) is 37.4 Å². The average molecular weight is 249 g/mol. The number of benzene rings is 1. The lowest BCUT2D eigenvalue weighted by atomic mass is 10.1. The van der Waals surface area contributed by atoms with E-state index < -0.39 is 0 Å². The van der Waals surface area contributed by atoms with Crippen LogP contribution >= 0.6 is 0 Å². The van der Waals surface area contributed by atoms with E-state index in [1.165, 1.54) is 0 Å². The van der Waals surface area contributed by atoms with Gasteiger partial charge in [-0.2, -0.15) is 0 Å². The quantitative estimate of drug-likeness (QED) is 0.883. The van der Waals surface area contributed by atoms with Crippen molar-refractivity contribution in [3.63, 3.8) is 0 Å². The lowest BCUT2D eigenvalue weighted by Gasteiger charge is -2.23. The third kappa shape index (κ3) is 3.74. The molecule has 1 heterocycles. The van der Waals surface area contributed by atoms with Crippen molar-refractivity contribution in [1.82, 2.24) is 5.32 Å². The second-order valence-corrected chi connectivity index (χ2v) is 4.51. The molecule has 1 aromatic rings. The van der Waals surface area contributed by atoms with Gasteiger partial charge in [-0.1, -0.05) is 18.2 Å². The molecule has 4 heteroatoms. The predicted molar refractivity (Wildman–Crippen MR) is 68.7 cm³/mol. The Labute approximate surface area is 107 Å². The summed E-state index contributed by atoms with van der Waals surface area (Å²) in [5, 5.41) is 2.96. The largest absolute Gasteiger partial charge is 0.484 e. The second kappa shape index (κ2) is 6.40. The summed E-state index contributed by atoms with van der Waals surface area (Å²) >= 11 is 0. The Bertz CT molecular complexity index is 400. The Balaban J connectivity index is 1.76. The molecule has 1 aromatic carbocycles. The van der Waals surface area contributed by atoms with Crippen molar-refractivity contribution >= 4 is 5.91 Å². The molecule has 0 atom stereocenters. The van der Waals surface area contributed by atoms with E-state index in [1.54, 1.807) is 0 Å². The van der Waals surface area contributed by atoms with Crippen molar-refractivity contribution in [2.24, 2.45) is 0 Å². The third-order valence-corrected chi connectivity index (χ3v) is 3.04. The molecule has 0 spiro atoms. The lowest BCUT2D eigenvalue weighted by Crippen LogP contribution is -2.41. The summed E-state index contributed by atoms with van der Waals surface area (Å²) in [7, 11) is 0. The van der Waals surface area contributed by atoms with Crippen LogP contribution in [0.5, 0.6) is 5.75 Å². The minimum absolute atomic E-state index is 0.0647. The fourth-order valence-electron chi connectivity index (χ4n) is 1.97. The van der Waals surface area contributed by atoms with Crippen LogP contribution in [0.2, 0.25) is 0 Å². The van der Waals surface area contributed by atoms with Gasteiger partial charge in [0.05, 0.1) is 0 Å².